The van der Waals surface area contributed by atoms with Crippen LogP contribution in [0, 0.1) is 35.5 Å². The molecular formula is C49H85N7O9. The molecule has 1 saturated heterocycles. The van der Waals surface area contributed by atoms with Crippen LogP contribution in [0.25, 0.3) is 0 Å². The van der Waals surface area contributed by atoms with Crippen LogP contribution >= 0.6 is 0 Å². The molecule has 3 rings (SSSR count). The Kier molecular flexibility index (Phi) is 23.3. The van der Waals surface area contributed by atoms with Gasteiger partial charge in [-0.25, -0.2) is 0 Å². The summed E-state index contributed by atoms with van der Waals surface area (Å²) in [6.45, 7) is 19.7. The summed E-state index contributed by atoms with van der Waals surface area (Å²) in [4.78, 5) is 75.8. The molecule has 1 aliphatic carbocycles. The van der Waals surface area contributed by atoms with Gasteiger partial charge in [-0.1, -0.05) is 92.1 Å². The van der Waals surface area contributed by atoms with Crippen LogP contribution in [0.1, 0.15) is 86.6 Å². The van der Waals surface area contributed by atoms with Crippen molar-refractivity contribution in [3.63, 3.8) is 0 Å². The molecule has 10 atom stereocenters. The first-order chi connectivity index (χ1) is 30.9. The van der Waals surface area contributed by atoms with Crippen LogP contribution in [0.15, 0.2) is 30.3 Å². The van der Waals surface area contributed by atoms with E-state index in [1.165, 1.54) is 0 Å². The molecule has 1 saturated carbocycles. The average Bonchev–Trinajstić information content (AvgIpc) is 3.56. The first-order valence-corrected chi connectivity index (χ1v) is 24.0. The molecule has 370 valence electrons. The maximum Gasteiger partial charge on any atom is 0.245 e. The molecule has 1 aromatic carbocycles. The van der Waals surface area contributed by atoms with Crippen LogP contribution in [0.3, 0.4) is 0 Å². The molecule has 0 radical (unpaired) electrons. The molecule has 1 aromatic rings. The fraction of sp³-hybridized carbons (Fsp3) is 0.776. The third-order valence-corrected chi connectivity index (χ3v) is 14.3. The Hall–Kier alpha value is -3.67. The van der Waals surface area contributed by atoms with E-state index >= 15 is 0 Å². The number of methoxy groups -OCH3 is 1. The molecule has 65 heavy (non-hydrogen) atoms. The van der Waals surface area contributed by atoms with Crippen molar-refractivity contribution >= 4 is 29.5 Å². The van der Waals surface area contributed by atoms with Crippen molar-refractivity contribution in [2.45, 2.75) is 123 Å². The number of ether oxygens (including phenoxy) is 4. The van der Waals surface area contributed by atoms with Gasteiger partial charge in [0.1, 0.15) is 17.6 Å². The summed E-state index contributed by atoms with van der Waals surface area (Å²) in [6.07, 6.45) is 2.00. The second-order valence-corrected chi connectivity index (χ2v) is 18.9. The topological polar surface area (TPSA) is 194 Å². The summed E-state index contributed by atoms with van der Waals surface area (Å²) in [5, 5.41) is 9.07. The highest BCUT2D eigenvalue weighted by Crippen LogP contribution is 2.53. The highest BCUT2D eigenvalue weighted by atomic mass is 16.5. The van der Waals surface area contributed by atoms with Gasteiger partial charge >= 0.3 is 0 Å². The van der Waals surface area contributed by atoms with Crippen molar-refractivity contribution in [1.82, 2.24) is 30.7 Å². The van der Waals surface area contributed by atoms with E-state index in [9.17, 15) is 24.0 Å². The van der Waals surface area contributed by atoms with Crippen molar-refractivity contribution < 1.29 is 42.9 Å². The van der Waals surface area contributed by atoms with Gasteiger partial charge in [0, 0.05) is 52.2 Å². The van der Waals surface area contributed by atoms with Gasteiger partial charge in [0.15, 0.2) is 0 Å². The monoisotopic (exact) mass is 916 g/mol. The van der Waals surface area contributed by atoms with Crippen LogP contribution in [0.5, 0.6) is 0 Å². The zero-order valence-corrected chi connectivity index (χ0v) is 41.7. The number of likely N-dealkylation sites (tertiary alicyclic amines) is 1. The number of carbonyl (C=O) groups is 5. The van der Waals surface area contributed by atoms with E-state index in [2.05, 4.69) is 43.6 Å². The summed E-state index contributed by atoms with van der Waals surface area (Å²) >= 11 is 0. The Labute approximate surface area is 390 Å². The molecule has 6 unspecified atom stereocenters. The van der Waals surface area contributed by atoms with E-state index in [-0.39, 0.29) is 84.7 Å². The first-order valence-electron chi connectivity index (χ1n) is 24.0. The summed E-state index contributed by atoms with van der Waals surface area (Å²) in [5.74, 6) is -1.68. The molecule has 16 nitrogen and oxygen atoms in total. The average molecular weight is 916 g/mol. The van der Waals surface area contributed by atoms with Crippen LogP contribution in [0.2, 0.25) is 0 Å². The highest BCUT2D eigenvalue weighted by Gasteiger charge is 2.66. The second kappa shape index (κ2) is 27.2. The maximum atomic E-state index is 14.4. The predicted molar refractivity (Wildman–Crippen MR) is 253 cm³/mol. The van der Waals surface area contributed by atoms with Gasteiger partial charge in [0.2, 0.25) is 29.5 Å². The van der Waals surface area contributed by atoms with Crippen LogP contribution < -0.4 is 21.7 Å². The molecule has 5 N–H and O–H groups in total. The Bertz CT molecular complexity index is 1620. The molecule has 2 aliphatic rings. The van der Waals surface area contributed by atoms with Crippen molar-refractivity contribution in [2.24, 2.45) is 41.2 Å². The van der Waals surface area contributed by atoms with Crippen LogP contribution in [-0.4, -0.2) is 168 Å². The normalized spacial score (nSPS) is 22.7. The standard InChI is InChI=1S/C49H85N7O9/c1-13-33(4)44(55(11)47(60)43(32(2)3)53-48(61)49(54(9)10)36(7)37(49)8)41(62-12)31-42(57)56-23-17-20-40(56)34(5)35(6)45(58)52-39(30-38-18-15-14-16-19-38)46(59)51-22-25-64-27-29-65-28-26-63-24-21-50/h14-16,18-19,32-37,39-41,43-44H,13,17,20-31,50H2,1-12H3,(H,51,59)(H,52,58)(H,53,61)/t33?,34?,35?,36?,37?,39-,40?,41-,43-,44+,49?/m1/s1. The molecule has 1 heterocycles. The minimum atomic E-state index is -0.823. The summed E-state index contributed by atoms with van der Waals surface area (Å²) in [5.41, 5.74) is 5.65. The van der Waals surface area contributed by atoms with Gasteiger partial charge in [0.25, 0.3) is 0 Å². The third-order valence-electron chi connectivity index (χ3n) is 14.3. The number of hydrogen-bond donors (Lipinski definition) is 4. The minimum Gasteiger partial charge on any atom is -0.379 e. The summed E-state index contributed by atoms with van der Waals surface area (Å²) < 4.78 is 22.5. The highest BCUT2D eigenvalue weighted by molar-refractivity contribution is 5.95. The van der Waals surface area contributed by atoms with E-state index in [4.69, 9.17) is 24.7 Å². The third kappa shape index (κ3) is 14.9. The van der Waals surface area contributed by atoms with Gasteiger partial charge in [-0.2, -0.15) is 0 Å². The number of likely N-dealkylation sites (N-methyl/N-ethyl adjacent to an activating group) is 2. The van der Waals surface area contributed by atoms with E-state index in [0.29, 0.717) is 52.5 Å². The SMILES string of the molecule is CCC(C)[C@@H]([C@@H](CC(=O)N1CCCC1C(C)C(C)C(=O)N[C@H](Cc1ccccc1)C(=O)NCCOCCOCCOCCN)OC)N(C)C(=O)[C@H](NC(=O)C1(N(C)C)C(C)C1C)C(C)C. The molecule has 16 heteroatoms. The van der Waals surface area contributed by atoms with Crippen molar-refractivity contribution in [3.05, 3.63) is 35.9 Å². The Morgan fingerprint density at radius 2 is 1.46 bits per heavy atom. The number of rotatable bonds is 30. The fourth-order valence-corrected chi connectivity index (χ4v) is 9.77. The van der Waals surface area contributed by atoms with Crippen molar-refractivity contribution in [2.75, 3.05) is 87.5 Å². The van der Waals surface area contributed by atoms with Crippen molar-refractivity contribution in [1.29, 1.82) is 0 Å². The lowest BCUT2D eigenvalue weighted by Gasteiger charge is -2.41. The Balaban J connectivity index is 1.67. The van der Waals surface area contributed by atoms with E-state index in [0.717, 1.165) is 24.8 Å². The number of nitrogens with one attached hydrogen (secondary N) is 3. The molecule has 0 bridgehead atoms. The predicted octanol–water partition coefficient (Wildman–Crippen LogP) is 3.11. The molecular weight excluding hydrogens is 831 g/mol. The number of nitrogens with zero attached hydrogens (tertiary/aromatic N) is 3. The number of benzene rings is 1. The largest absolute Gasteiger partial charge is 0.379 e. The van der Waals surface area contributed by atoms with Crippen LogP contribution in [0.4, 0.5) is 0 Å². The van der Waals surface area contributed by atoms with E-state index in [1.54, 1.807) is 19.1 Å². The van der Waals surface area contributed by atoms with Crippen molar-refractivity contribution in [3.8, 4) is 0 Å². The quantitative estimate of drug-likeness (QED) is 0.0830. The molecule has 5 amide bonds. The van der Waals surface area contributed by atoms with Gasteiger partial charge in [0.05, 0.1) is 58.2 Å². The molecule has 0 aromatic heterocycles. The molecule has 0 spiro atoms. The Morgan fingerprint density at radius 1 is 0.862 bits per heavy atom. The fourth-order valence-electron chi connectivity index (χ4n) is 9.77. The van der Waals surface area contributed by atoms with E-state index in [1.807, 2.05) is 81.9 Å². The number of hydrogen-bond acceptors (Lipinski definition) is 11. The number of carbonyl (C=O) groups excluding carboxylic acids is 5. The first kappa shape index (κ1) is 55.7. The summed E-state index contributed by atoms with van der Waals surface area (Å²) in [7, 11) is 7.15. The molecule has 2 fully saturated rings. The lowest BCUT2D eigenvalue weighted by Crippen LogP contribution is -2.60. The summed E-state index contributed by atoms with van der Waals surface area (Å²) in [6, 6.07) is 7.31. The zero-order chi connectivity index (χ0) is 48.4. The second-order valence-electron chi connectivity index (χ2n) is 18.9. The maximum absolute atomic E-state index is 14.4. The number of nitrogens with two attached hydrogens (primary N) is 1. The van der Waals surface area contributed by atoms with Crippen LogP contribution in [-0.2, 0) is 49.3 Å². The minimum absolute atomic E-state index is 0.0235. The zero-order valence-electron chi connectivity index (χ0n) is 41.7. The Morgan fingerprint density at radius 3 is 2.00 bits per heavy atom. The lowest BCUT2D eigenvalue weighted by atomic mass is 9.86. The molecule has 1 aliphatic heterocycles. The lowest BCUT2D eigenvalue weighted by molar-refractivity contribution is -0.147. The van der Waals surface area contributed by atoms with Gasteiger partial charge in [-0.3, -0.25) is 28.9 Å². The van der Waals surface area contributed by atoms with Gasteiger partial charge in [-0.15, -0.1) is 0 Å². The van der Waals surface area contributed by atoms with Gasteiger partial charge < -0.3 is 50.4 Å². The van der Waals surface area contributed by atoms with E-state index < -0.39 is 35.7 Å². The number of amides is 5. The smallest absolute Gasteiger partial charge is 0.245 e. The van der Waals surface area contributed by atoms with Gasteiger partial charge in [-0.05, 0) is 62.1 Å².